The van der Waals surface area contributed by atoms with Crippen LogP contribution >= 0.6 is 0 Å². The normalized spacial score (nSPS) is 13.0. The van der Waals surface area contributed by atoms with Gasteiger partial charge in [0.15, 0.2) is 17.5 Å². The number of para-hydroxylation sites is 1. The molecule has 11 aromatic rings. The van der Waals surface area contributed by atoms with Gasteiger partial charge in [0, 0.05) is 27.3 Å². The molecule has 0 bridgehead atoms. The summed E-state index contributed by atoms with van der Waals surface area (Å²) < 4.78 is 9.29. The Bertz CT molecular complexity index is 3260. The Morgan fingerprint density at radius 2 is 1.11 bits per heavy atom. The second kappa shape index (κ2) is 11.2. The molecule has 0 atom stereocenters. The van der Waals surface area contributed by atoms with Crippen molar-refractivity contribution >= 4 is 71.4 Å². The van der Waals surface area contributed by atoms with E-state index in [-0.39, 0.29) is 0 Å². The molecule has 5 heteroatoms. The van der Waals surface area contributed by atoms with Gasteiger partial charge in [-0.25, -0.2) is 15.0 Å². The molecule has 8 aromatic carbocycles. The molecule has 0 unspecified atom stereocenters. The Kier molecular flexibility index (Phi) is 6.11. The number of benzene rings is 8. The molecule has 0 fully saturated rings. The first-order chi connectivity index (χ1) is 26.8. The Hall–Kier alpha value is -7.11. The summed E-state index contributed by atoms with van der Waals surface area (Å²) in [6.07, 6.45) is 6.83. The van der Waals surface area contributed by atoms with Crippen molar-refractivity contribution in [2.45, 2.75) is 12.8 Å². The maximum atomic E-state index is 6.84. The largest absolute Gasteiger partial charge is 0.455 e. The smallest absolute Gasteiger partial charge is 0.167 e. The van der Waals surface area contributed by atoms with E-state index in [1.54, 1.807) is 0 Å². The fourth-order valence-corrected chi connectivity index (χ4v) is 8.93. The van der Waals surface area contributed by atoms with Crippen LogP contribution < -0.4 is 0 Å². The fraction of sp³-hybridized carbons (Fsp3) is 0.0408. The molecule has 0 saturated carbocycles. The van der Waals surface area contributed by atoms with Gasteiger partial charge in [-0.05, 0) is 75.8 Å². The number of aromatic nitrogens is 4. The van der Waals surface area contributed by atoms with Crippen LogP contribution in [0.25, 0.3) is 111 Å². The van der Waals surface area contributed by atoms with Gasteiger partial charge in [0.25, 0.3) is 0 Å². The first-order valence-electron chi connectivity index (χ1n) is 18.5. The molecule has 54 heavy (non-hydrogen) atoms. The number of fused-ring (bicyclic) bond motifs is 8. The van der Waals surface area contributed by atoms with Crippen LogP contribution in [0.2, 0.25) is 0 Å². The van der Waals surface area contributed by atoms with E-state index in [4.69, 9.17) is 19.4 Å². The molecule has 3 aromatic heterocycles. The number of hydrogen-bond acceptors (Lipinski definition) is 4. The zero-order valence-electron chi connectivity index (χ0n) is 29.1. The minimum Gasteiger partial charge on any atom is -0.455 e. The molecule has 0 aliphatic heterocycles. The lowest BCUT2D eigenvalue weighted by molar-refractivity contribution is 0.669. The highest BCUT2D eigenvalue weighted by atomic mass is 16.3. The highest BCUT2D eigenvalue weighted by Gasteiger charge is 2.25. The van der Waals surface area contributed by atoms with E-state index in [1.165, 1.54) is 54.5 Å². The minimum absolute atomic E-state index is 0.566. The molecule has 5 nitrogen and oxygen atoms in total. The Morgan fingerprint density at radius 1 is 0.481 bits per heavy atom. The van der Waals surface area contributed by atoms with Gasteiger partial charge >= 0.3 is 0 Å². The summed E-state index contributed by atoms with van der Waals surface area (Å²) in [4.78, 5) is 15.2. The van der Waals surface area contributed by atoms with Gasteiger partial charge in [-0.1, -0.05) is 127 Å². The van der Waals surface area contributed by atoms with Gasteiger partial charge < -0.3 is 8.98 Å². The van der Waals surface area contributed by atoms with Crippen LogP contribution in [0, 0.1) is 0 Å². The van der Waals surface area contributed by atoms with E-state index in [0.29, 0.717) is 17.5 Å². The van der Waals surface area contributed by atoms with Crippen LogP contribution in [0.15, 0.2) is 156 Å². The quantitative estimate of drug-likeness (QED) is 0.173. The van der Waals surface area contributed by atoms with E-state index < -0.39 is 0 Å². The number of hydrogen-bond donors (Lipinski definition) is 0. The van der Waals surface area contributed by atoms with Crippen molar-refractivity contribution in [3.05, 3.63) is 163 Å². The Labute approximate surface area is 309 Å². The molecule has 0 amide bonds. The zero-order chi connectivity index (χ0) is 35.3. The summed E-state index contributed by atoms with van der Waals surface area (Å²) in [6.45, 7) is 0. The first-order valence-corrected chi connectivity index (χ1v) is 18.5. The van der Waals surface area contributed by atoms with E-state index in [1.807, 2.05) is 72.8 Å². The first kappa shape index (κ1) is 29.5. The zero-order valence-corrected chi connectivity index (χ0v) is 29.1. The van der Waals surface area contributed by atoms with Crippen molar-refractivity contribution in [3.8, 4) is 39.9 Å². The predicted octanol–water partition coefficient (Wildman–Crippen LogP) is 12.6. The van der Waals surface area contributed by atoms with Crippen LogP contribution in [0.1, 0.15) is 17.5 Å². The van der Waals surface area contributed by atoms with Crippen molar-refractivity contribution in [2.24, 2.45) is 0 Å². The second-order valence-corrected chi connectivity index (χ2v) is 14.2. The topological polar surface area (TPSA) is 56.7 Å². The molecule has 3 heterocycles. The SMILES string of the molecule is C1=Cc2c(ccc3c4cccc5c4c4c(cccc4n5-c4ccc(-c5nc(-c6ccccc6)nc(-c6ccccc6)n5)c5oc6ccccc6c45)c23)CC1. The second-order valence-electron chi connectivity index (χ2n) is 14.2. The number of furan rings is 1. The predicted molar refractivity (Wildman–Crippen MR) is 221 cm³/mol. The maximum absolute atomic E-state index is 6.84. The average Bonchev–Trinajstić information content (AvgIpc) is 3.80. The van der Waals surface area contributed by atoms with Gasteiger partial charge in [0.2, 0.25) is 0 Å². The number of rotatable bonds is 4. The summed E-state index contributed by atoms with van der Waals surface area (Å²) >= 11 is 0. The molecule has 12 rings (SSSR count). The molecule has 0 spiro atoms. The molecule has 0 N–H and O–H groups in total. The van der Waals surface area contributed by atoms with Gasteiger partial charge in [-0.3, -0.25) is 0 Å². The van der Waals surface area contributed by atoms with Crippen molar-refractivity contribution in [3.63, 3.8) is 0 Å². The van der Waals surface area contributed by atoms with E-state index in [0.717, 1.165) is 57.2 Å². The monoisotopic (exact) mass is 690 g/mol. The van der Waals surface area contributed by atoms with Crippen molar-refractivity contribution in [1.82, 2.24) is 19.5 Å². The highest BCUT2D eigenvalue weighted by Crippen LogP contribution is 2.48. The van der Waals surface area contributed by atoms with Gasteiger partial charge in [0.05, 0.1) is 27.7 Å². The van der Waals surface area contributed by atoms with E-state index in [9.17, 15) is 0 Å². The lowest BCUT2D eigenvalue weighted by atomic mass is 9.87. The number of allylic oxidation sites excluding steroid dienone is 1. The molecule has 0 radical (unpaired) electrons. The Morgan fingerprint density at radius 3 is 1.87 bits per heavy atom. The Balaban J connectivity index is 1.18. The third-order valence-electron chi connectivity index (χ3n) is 11.3. The molecule has 0 saturated heterocycles. The van der Waals surface area contributed by atoms with Crippen molar-refractivity contribution in [1.29, 1.82) is 0 Å². The number of nitrogens with zero attached hydrogens (tertiary/aromatic N) is 4. The van der Waals surface area contributed by atoms with Crippen LogP contribution in [0.3, 0.4) is 0 Å². The molecule has 1 aliphatic carbocycles. The summed E-state index contributed by atoms with van der Waals surface area (Å²) in [5.74, 6) is 1.80. The lowest BCUT2D eigenvalue weighted by Crippen LogP contribution is -2.01. The van der Waals surface area contributed by atoms with E-state index in [2.05, 4.69) is 89.5 Å². The molecular formula is C49H30N4O. The van der Waals surface area contributed by atoms with Gasteiger partial charge in [-0.15, -0.1) is 0 Å². The van der Waals surface area contributed by atoms with Crippen molar-refractivity contribution < 1.29 is 4.42 Å². The van der Waals surface area contributed by atoms with Crippen LogP contribution in [-0.2, 0) is 6.42 Å². The van der Waals surface area contributed by atoms with Crippen LogP contribution in [-0.4, -0.2) is 19.5 Å². The lowest BCUT2D eigenvalue weighted by Gasteiger charge is -2.17. The summed E-state index contributed by atoms with van der Waals surface area (Å²) in [7, 11) is 0. The van der Waals surface area contributed by atoms with Gasteiger partial charge in [0.1, 0.15) is 11.2 Å². The standard InChI is InChI=1S/C49H30N4O/c1-3-14-30(15-4-1)47-50-48(31-16-5-2-6-17-31)52-49(51-47)37-27-28-40(45-35-19-9-10-24-41(35)54-46(37)45)53-38-22-11-20-33-34-26-25-29-13-7-8-18-32(29)42(34)36-21-12-23-39(53)44(36)43(33)38/h1-6,8-12,14-28H,7,13H2. The maximum Gasteiger partial charge on any atom is 0.167 e. The van der Waals surface area contributed by atoms with Crippen molar-refractivity contribution in [2.75, 3.05) is 0 Å². The van der Waals surface area contributed by atoms with Crippen LogP contribution in [0.5, 0.6) is 0 Å². The third kappa shape index (κ3) is 4.12. The molecule has 252 valence electrons. The molecular weight excluding hydrogens is 661 g/mol. The average molecular weight is 691 g/mol. The van der Waals surface area contributed by atoms with Gasteiger partial charge in [-0.2, -0.15) is 0 Å². The third-order valence-corrected chi connectivity index (χ3v) is 11.3. The summed E-state index contributed by atoms with van der Waals surface area (Å²) in [5.41, 5.74) is 10.4. The summed E-state index contributed by atoms with van der Waals surface area (Å²) in [5, 5.41) is 9.88. The minimum atomic E-state index is 0.566. The number of aryl methyl sites for hydroxylation is 1. The summed E-state index contributed by atoms with van der Waals surface area (Å²) in [6, 6.07) is 51.1. The highest BCUT2D eigenvalue weighted by molar-refractivity contribution is 6.35. The molecule has 1 aliphatic rings. The van der Waals surface area contributed by atoms with E-state index >= 15 is 0 Å². The fourth-order valence-electron chi connectivity index (χ4n) is 8.93. The van der Waals surface area contributed by atoms with Crippen LogP contribution in [0.4, 0.5) is 0 Å².